The minimum absolute atomic E-state index is 0.402. The Labute approximate surface area is 265 Å². The summed E-state index contributed by atoms with van der Waals surface area (Å²) < 4.78 is 27.3. The van der Waals surface area contributed by atoms with Crippen molar-refractivity contribution in [1.29, 1.82) is 0 Å². The molecule has 230 valence electrons. The molecule has 0 atom stereocenters. The minimum Gasteiger partial charge on any atom is -0.364 e. The summed E-state index contributed by atoms with van der Waals surface area (Å²) in [4.78, 5) is 14.2. The first-order valence-electron chi connectivity index (χ1n) is 15.7. The van der Waals surface area contributed by atoms with Gasteiger partial charge in [-0.2, -0.15) is 0 Å². The van der Waals surface area contributed by atoms with Crippen molar-refractivity contribution in [3.05, 3.63) is 136 Å². The number of nitrogens with zero attached hydrogens (tertiary/aromatic N) is 4. The van der Waals surface area contributed by atoms with Gasteiger partial charge in [0.15, 0.2) is 11.6 Å². The number of aromatic nitrogens is 2. The highest BCUT2D eigenvalue weighted by atomic mass is 19.2. The highest BCUT2D eigenvalue weighted by molar-refractivity contribution is 5.64. The SMILES string of the molecule is Cc1ccc(N(Cc2ccnc(-c3cc(C)c(C)c(C)c3)c2)C2CCN(Cc3ccnc(-c4ccc(F)c(F)c4)c3)CC2)cc1. The van der Waals surface area contributed by atoms with Gasteiger partial charge in [-0.25, -0.2) is 8.78 Å². The number of halogens is 2. The number of rotatable bonds is 8. The van der Waals surface area contributed by atoms with Crippen molar-refractivity contribution in [2.45, 2.75) is 59.7 Å². The molecule has 0 radical (unpaired) electrons. The third-order valence-corrected chi connectivity index (χ3v) is 9.21. The Morgan fingerprint density at radius 1 is 0.689 bits per heavy atom. The third-order valence-electron chi connectivity index (χ3n) is 9.21. The Balaban J connectivity index is 1.17. The maximum absolute atomic E-state index is 13.8. The van der Waals surface area contributed by atoms with Crippen LogP contribution in [0.15, 0.2) is 91.3 Å². The van der Waals surface area contributed by atoms with Crippen LogP contribution in [-0.4, -0.2) is 34.0 Å². The summed E-state index contributed by atoms with van der Waals surface area (Å²) in [6.07, 6.45) is 5.78. The molecule has 1 aliphatic heterocycles. The van der Waals surface area contributed by atoms with Gasteiger partial charge in [-0.15, -0.1) is 0 Å². The topological polar surface area (TPSA) is 32.3 Å². The van der Waals surface area contributed by atoms with Gasteiger partial charge < -0.3 is 4.90 Å². The molecule has 5 aromatic rings. The smallest absolute Gasteiger partial charge is 0.159 e. The van der Waals surface area contributed by atoms with Crippen LogP contribution in [0.25, 0.3) is 22.5 Å². The molecular formula is C39H40F2N4. The lowest BCUT2D eigenvalue weighted by Crippen LogP contribution is -2.44. The summed E-state index contributed by atoms with van der Waals surface area (Å²) in [6.45, 7) is 12.2. The van der Waals surface area contributed by atoms with E-state index in [-0.39, 0.29) is 0 Å². The first-order valence-corrected chi connectivity index (χ1v) is 15.7. The van der Waals surface area contributed by atoms with Crippen LogP contribution < -0.4 is 4.90 Å². The monoisotopic (exact) mass is 602 g/mol. The minimum atomic E-state index is -0.858. The van der Waals surface area contributed by atoms with E-state index in [1.807, 2.05) is 18.3 Å². The lowest BCUT2D eigenvalue weighted by atomic mass is 9.97. The standard InChI is InChI=1S/C39H40F2N4/c1-26-5-8-34(9-6-26)45(25-31-12-16-43-39(22-31)33-19-27(2)29(4)28(3)20-33)35-13-17-44(18-14-35)24-30-11-15-42-38(21-30)32-7-10-36(40)37(41)23-32/h5-12,15-16,19-23,35H,13-14,17-18,24-25H2,1-4H3. The number of aryl methyl sites for hydroxylation is 3. The van der Waals surface area contributed by atoms with Crippen LogP contribution >= 0.6 is 0 Å². The molecule has 4 nitrogen and oxygen atoms in total. The fourth-order valence-corrected chi connectivity index (χ4v) is 6.31. The average Bonchev–Trinajstić information content (AvgIpc) is 3.05. The number of anilines is 1. The van der Waals surface area contributed by atoms with Crippen molar-refractivity contribution in [2.24, 2.45) is 0 Å². The van der Waals surface area contributed by atoms with Crippen LogP contribution in [-0.2, 0) is 13.1 Å². The van der Waals surface area contributed by atoms with Crippen LogP contribution in [0, 0.1) is 39.3 Å². The number of piperidine rings is 1. The molecule has 1 saturated heterocycles. The lowest BCUT2D eigenvalue weighted by Gasteiger charge is -2.40. The van der Waals surface area contributed by atoms with Gasteiger partial charge in [-0.05, 0) is 135 Å². The highest BCUT2D eigenvalue weighted by Crippen LogP contribution is 2.29. The van der Waals surface area contributed by atoms with E-state index in [9.17, 15) is 8.78 Å². The van der Waals surface area contributed by atoms with E-state index in [1.165, 1.54) is 39.6 Å². The van der Waals surface area contributed by atoms with E-state index in [4.69, 9.17) is 4.98 Å². The highest BCUT2D eigenvalue weighted by Gasteiger charge is 2.26. The van der Waals surface area contributed by atoms with Crippen LogP contribution in [0.5, 0.6) is 0 Å². The molecule has 6 heteroatoms. The van der Waals surface area contributed by atoms with Gasteiger partial charge in [0.2, 0.25) is 0 Å². The van der Waals surface area contributed by atoms with Crippen molar-refractivity contribution < 1.29 is 8.78 Å². The Morgan fingerprint density at radius 2 is 1.31 bits per heavy atom. The van der Waals surface area contributed by atoms with E-state index >= 15 is 0 Å². The maximum Gasteiger partial charge on any atom is 0.159 e. The van der Waals surface area contributed by atoms with Crippen molar-refractivity contribution in [2.75, 3.05) is 18.0 Å². The fraction of sp³-hybridized carbons (Fsp3) is 0.282. The molecule has 0 amide bonds. The zero-order chi connectivity index (χ0) is 31.5. The Hall–Kier alpha value is -4.42. The summed E-state index contributed by atoms with van der Waals surface area (Å²) in [5.74, 6) is -1.71. The lowest BCUT2D eigenvalue weighted by molar-refractivity contribution is 0.201. The van der Waals surface area contributed by atoms with E-state index in [2.05, 4.69) is 91.0 Å². The molecule has 0 saturated carbocycles. The molecule has 0 aliphatic carbocycles. The Kier molecular flexibility index (Phi) is 9.04. The summed E-state index contributed by atoms with van der Waals surface area (Å²) in [7, 11) is 0. The summed E-state index contributed by atoms with van der Waals surface area (Å²) >= 11 is 0. The molecule has 0 unspecified atom stereocenters. The molecular weight excluding hydrogens is 562 g/mol. The summed E-state index contributed by atoms with van der Waals surface area (Å²) in [6, 6.07) is 26.1. The number of hydrogen-bond acceptors (Lipinski definition) is 4. The van der Waals surface area contributed by atoms with Crippen LogP contribution in [0.1, 0.15) is 46.2 Å². The first-order chi connectivity index (χ1) is 21.7. The number of hydrogen-bond donors (Lipinski definition) is 0. The fourth-order valence-electron chi connectivity index (χ4n) is 6.31. The summed E-state index contributed by atoms with van der Waals surface area (Å²) in [5, 5.41) is 0. The van der Waals surface area contributed by atoms with Gasteiger partial charge >= 0.3 is 0 Å². The molecule has 1 fully saturated rings. The van der Waals surface area contributed by atoms with Crippen molar-refractivity contribution in [1.82, 2.24) is 14.9 Å². The Bertz CT molecular complexity index is 1770. The molecule has 0 spiro atoms. The molecule has 3 aromatic carbocycles. The second kappa shape index (κ2) is 13.3. The van der Waals surface area contributed by atoms with Crippen LogP contribution in [0.4, 0.5) is 14.5 Å². The predicted molar refractivity (Wildman–Crippen MR) is 179 cm³/mol. The molecule has 2 aromatic heterocycles. The van der Waals surface area contributed by atoms with Crippen molar-refractivity contribution >= 4 is 5.69 Å². The van der Waals surface area contributed by atoms with E-state index in [0.717, 1.165) is 61.9 Å². The second-order valence-electron chi connectivity index (χ2n) is 12.4. The zero-order valence-electron chi connectivity index (χ0n) is 26.5. The maximum atomic E-state index is 13.8. The molecule has 0 N–H and O–H groups in total. The number of benzene rings is 3. The zero-order valence-corrected chi connectivity index (χ0v) is 26.5. The molecule has 1 aliphatic rings. The normalized spacial score (nSPS) is 14.1. The molecule has 6 rings (SSSR count). The van der Waals surface area contributed by atoms with Crippen molar-refractivity contribution in [3.63, 3.8) is 0 Å². The molecule has 3 heterocycles. The largest absolute Gasteiger partial charge is 0.364 e. The second-order valence-corrected chi connectivity index (χ2v) is 12.4. The van der Waals surface area contributed by atoms with Crippen LogP contribution in [0.3, 0.4) is 0 Å². The van der Waals surface area contributed by atoms with E-state index < -0.39 is 11.6 Å². The predicted octanol–water partition coefficient (Wildman–Crippen LogP) is 8.99. The van der Waals surface area contributed by atoms with Crippen molar-refractivity contribution in [3.8, 4) is 22.5 Å². The average molecular weight is 603 g/mol. The van der Waals surface area contributed by atoms with E-state index in [0.29, 0.717) is 17.3 Å². The summed E-state index contributed by atoms with van der Waals surface area (Å²) in [5.41, 5.74) is 12.2. The Morgan fingerprint density at radius 3 is 1.98 bits per heavy atom. The van der Waals surface area contributed by atoms with E-state index in [1.54, 1.807) is 12.3 Å². The number of likely N-dealkylation sites (tertiary alicyclic amines) is 1. The van der Waals surface area contributed by atoms with Gasteiger partial charge in [-0.1, -0.05) is 17.7 Å². The first kappa shape index (κ1) is 30.6. The quantitative estimate of drug-likeness (QED) is 0.177. The van der Waals surface area contributed by atoms with Gasteiger partial charge in [0.05, 0.1) is 11.4 Å². The number of pyridine rings is 2. The molecule has 45 heavy (non-hydrogen) atoms. The van der Waals surface area contributed by atoms with Gasteiger partial charge in [0.25, 0.3) is 0 Å². The molecule has 0 bridgehead atoms. The van der Waals surface area contributed by atoms with Crippen LogP contribution in [0.2, 0.25) is 0 Å². The van der Waals surface area contributed by atoms with Gasteiger partial charge in [0.1, 0.15) is 0 Å². The third kappa shape index (κ3) is 7.12. The van der Waals surface area contributed by atoms with Gasteiger partial charge in [0, 0.05) is 61.4 Å². The van der Waals surface area contributed by atoms with Gasteiger partial charge in [-0.3, -0.25) is 14.9 Å².